The van der Waals surface area contributed by atoms with Gasteiger partial charge in [-0.2, -0.15) is 0 Å². The Hall–Kier alpha value is -2.73. The molecule has 2 aromatic rings. The van der Waals surface area contributed by atoms with Gasteiger partial charge in [-0.25, -0.2) is 4.79 Å². The second kappa shape index (κ2) is 6.39. The van der Waals surface area contributed by atoms with Gasteiger partial charge in [-0.1, -0.05) is 37.1 Å². The van der Waals surface area contributed by atoms with Crippen LogP contribution in [0.4, 0.5) is 0 Å². The minimum absolute atomic E-state index is 0.121. The molecule has 1 aromatic heterocycles. The van der Waals surface area contributed by atoms with Crippen molar-refractivity contribution in [2.75, 3.05) is 13.1 Å². The Morgan fingerprint density at radius 2 is 1.71 bits per heavy atom. The average Bonchev–Trinajstić information content (AvgIpc) is 3.16. The molecule has 1 aromatic carbocycles. The van der Waals surface area contributed by atoms with Crippen LogP contribution < -0.4 is 0 Å². The van der Waals surface area contributed by atoms with E-state index in [1.54, 1.807) is 12.4 Å². The Kier molecular flexibility index (Phi) is 3.91. The fraction of sp³-hybridized carbons (Fsp3) is 0.480. The summed E-state index contributed by atoms with van der Waals surface area (Å²) in [6, 6.07) is 9.90. The van der Waals surface area contributed by atoms with Crippen molar-refractivity contribution in [3.63, 3.8) is 0 Å². The number of likely N-dealkylation sites (tertiary alicyclic amines) is 1. The average molecular weight is 418 g/mol. The fourth-order valence-electron chi connectivity index (χ4n) is 5.90. The van der Waals surface area contributed by atoms with Gasteiger partial charge in [0, 0.05) is 30.9 Å². The number of aromatic nitrogens is 1. The number of ether oxygens (including phenoxy) is 1. The summed E-state index contributed by atoms with van der Waals surface area (Å²) < 4.78 is 5.78. The Bertz CT molecular complexity index is 1070. The molecule has 2 saturated carbocycles. The maximum atomic E-state index is 13.6. The van der Waals surface area contributed by atoms with Crippen molar-refractivity contribution in [1.29, 1.82) is 0 Å². The Labute approximate surface area is 181 Å². The number of amides is 1. The van der Waals surface area contributed by atoms with Gasteiger partial charge < -0.3 is 14.7 Å². The number of rotatable bonds is 3. The minimum atomic E-state index is -0.739. The van der Waals surface area contributed by atoms with Crippen molar-refractivity contribution in [1.82, 2.24) is 9.88 Å². The van der Waals surface area contributed by atoms with Gasteiger partial charge in [0.1, 0.15) is 0 Å². The highest BCUT2D eigenvalue weighted by Crippen LogP contribution is 2.52. The fourth-order valence-corrected chi connectivity index (χ4v) is 5.90. The quantitative estimate of drug-likeness (QED) is 0.775. The Morgan fingerprint density at radius 1 is 1.00 bits per heavy atom. The molecule has 2 aliphatic carbocycles. The number of esters is 1. The van der Waals surface area contributed by atoms with Gasteiger partial charge in [-0.05, 0) is 42.9 Å². The molecule has 1 unspecified atom stereocenters. The van der Waals surface area contributed by atoms with E-state index in [0.29, 0.717) is 25.1 Å². The molecule has 160 valence electrons. The second-order valence-corrected chi connectivity index (χ2v) is 9.68. The summed E-state index contributed by atoms with van der Waals surface area (Å²) in [5.74, 6) is -0.228. The van der Waals surface area contributed by atoms with Crippen LogP contribution in [0.2, 0.25) is 0 Å². The molecule has 3 heterocycles. The molecule has 31 heavy (non-hydrogen) atoms. The van der Waals surface area contributed by atoms with Gasteiger partial charge in [0.25, 0.3) is 0 Å². The largest absolute Gasteiger partial charge is 0.449 e. The molecular formula is C25H26N2O4. The number of hydrogen-bond donors (Lipinski definition) is 1. The lowest BCUT2D eigenvalue weighted by Crippen LogP contribution is -2.40. The van der Waals surface area contributed by atoms with Gasteiger partial charge in [0.15, 0.2) is 5.60 Å². The number of carbonyl (C=O) groups is 2. The van der Waals surface area contributed by atoms with Crippen molar-refractivity contribution in [3.05, 3.63) is 65.0 Å². The highest BCUT2D eigenvalue weighted by atomic mass is 16.6. The van der Waals surface area contributed by atoms with E-state index in [9.17, 15) is 14.7 Å². The van der Waals surface area contributed by atoms with Crippen molar-refractivity contribution in [2.45, 2.75) is 61.6 Å². The zero-order chi connectivity index (χ0) is 21.3. The lowest BCUT2D eigenvalue weighted by molar-refractivity contribution is -0.134. The van der Waals surface area contributed by atoms with E-state index < -0.39 is 16.6 Å². The first-order valence-corrected chi connectivity index (χ1v) is 11.3. The summed E-state index contributed by atoms with van der Waals surface area (Å²) in [6.45, 7) is 0.974. The smallest absolute Gasteiger partial charge is 0.341 e. The lowest BCUT2D eigenvalue weighted by atomic mass is 9.88. The van der Waals surface area contributed by atoms with Gasteiger partial charge in [0.05, 0.1) is 23.1 Å². The minimum Gasteiger partial charge on any atom is -0.449 e. The highest BCUT2D eigenvalue weighted by molar-refractivity contribution is 5.95. The van der Waals surface area contributed by atoms with E-state index in [4.69, 9.17) is 4.74 Å². The molecule has 6 rings (SSSR count). The number of nitrogens with zero attached hydrogens (tertiary/aromatic N) is 2. The van der Waals surface area contributed by atoms with Gasteiger partial charge in [-0.15, -0.1) is 0 Å². The summed E-state index contributed by atoms with van der Waals surface area (Å²) >= 11 is 0. The number of hydrogen-bond acceptors (Lipinski definition) is 5. The molecule has 6 nitrogen and oxygen atoms in total. The summed E-state index contributed by atoms with van der Waals surface area (Å²) in [5, 5.41) is 10.9. The molecule has 1 N–H and O–H groups in total. The van der Waals surface area contributed by atoms with E-state index in [1.165, 1.54) is 0 Å². The Balaban J connectivity index is 1.24. The molecule has 1 atom stereocenters. The monoisotopic (exact) mass is 418 g/mol. The lowest BCUT2D eigenvalue weighted by Gasteiger charge is -2.27. The normalized spacial score (nSPS) is 27.4. The SMILES string of the molecule is O=C1OC2(CCN(C(=O)C3(c4ccc(C5(O)CCCC5)cc4)CC3)C2)c2ccncc21. The van der Waals surface area contributed by atoms with Crippen LogP contribution in [0.3, 0.4) is 0 Å². The first-order chi connectivity index (χ1) is 15.0. The molecule has 1 amide bonds. The summed E-state index contributed by atoms with van der Waals surface area (Å²) in [5.41, 5.74) is 1.41. The van der Waals surface area contributed by atoms with Crippen LogP contribution in [0.5, 0.6) is 0 Å². The van der Waals surface area contributed by atoms with Gasteiger partial charge in [-0.3, -0.25) is 9.78 Å². The van der Waals surface area contributed by atoms with E-state index in [-0.39, 0.29) is 11.9 Å². The standard InChI is InChI=1S/C25H26N2O4/c28-21-19-15-26-13-7-20(19)25(31-21)12-14-27(16-25)22(29)23(10-11-23)17-3-5-18(6-4-17)24(30)8-1-2-9-24/h3-7,13,15,30H,1-2,8-12,14,16H2. The number of fused-ring (bicyclic) bond motifs is 2. The van der Waals surface area contributed by atoms with Crippen molar-refractivity contribution >= 4 is 11.9 Å². The molecule has 2 aliphatic heterocycles. The molecular weight excluding hydrogens is 392 g/mol. The van der Waals surface area contributed by atoms with Crippen molar-refractivity contribution < 1.29 is 19.4 Å². The van der Waals surface area contributed by atoms with Crippen LogP contribution in [-0.4, -0.2) is 40.0 Å². The van der Waals surface area contributed by atoms with Crippen LogP contribution in [0, 0.1) is 0 Å². The summed E-state index contributed by atoms with van der Waals surface area (Å²) in [6.07, 6.45) is 9.24. The van der Waals surface area contributed by atoms with Crippen LogP contribution in [0.25, 0.3) is 0 Å². The third-order valence-electron chi connectivity index (χ3n) is 7.90. The first-order valence-electron chi connectivity index (χ1n) is 11.3. The van der Waals surface area contributed by atoms with Crippen LogP contribution in [0.15, 0.2) is 42.7 Å². The zero-order valence-electron chi connectivity index (χ0n) is 17.5. The zero-order valence-corrected chi connectivity index (χ0v) is 17.5. The molecule has 3 fully saturated rings. The maximum absolute atomic E-state index is 13.6. The molecule has 0 bridgehead atoms. The number of carbonyl (C=O) groups excluding carboxylic acids is 2. The third-order valence-corrected chi connectivity index (χ3v) is 7.90. The van der Waals surface area contributed by atoms with Crippen molar-refractivity contribution in [2.24, 2.45) is 0 Å². The molecule has 4 aliphatic rings. The summed E-state index contributed by atoms with van der Waals surface area (Å²) in [7, 11) is 0. The van der Waals surface area contributed by atoms with E-state index in [2.05, 4.69) is 4.98 Å². The topological polar surface area (TPSA) is 79.7 Å². The number of benzene rings is 1. The van der Waals surface area contributed by atoms with Gasteiger partial charge in [0.2, 0.25) is 5.91 Å². The van der Waals surface area contributed by atoms with Crippen LogP contribution in [0.1, 0.15) is 72.0 Å². The van der Waals surface area contributed by atoms with E-state index in [1.807, 2.05) is 35.2 Å². The highest BCUT2D eigenvalue weighted by Gasteiger charge is 2.57. The molecule has 1 saturated heterocycles. The Morgan fingerprint density at radius 3 is 2.42 bits per heavy atom. The molecule has 6 heteroatoms. The second-order valence-electron chi connectivity index (χ2n) is 9.68. The molecule has 1 spiro atoms. The number of aliphatic hydroxyl groups is 1. The summed E-state index contributed by atoms with van der Waals surface area (Å²) in [4.78, 5) is 31.8. The third kappa shape index (κ3) is 2.70. The molecule has 0 radical (unpaired) electrons. The van der Waals surface area contributed by atoms with Crippen LogP contribution in [-0.2, 0) is 26.1 Å². The van der Waals surface area contributed by atoms with Crippen LogP contribution >= 0.6 is 0 Å². The van der Waals surface area contributed by atoms with E-state index in [0.717, 1.165) is 55.2 Å². The van der Waals surface area contributed by atoms with Crippen molar-refractivity contribution in [3.8, 4) is 0 Å². The van der Waals surface area contributed by atoms with Gasteiger partial charge >= 0.3 is 5.97 Å². The predicted octanol–water partition coefficient (Wildman–Crippen LogP) is 3.17. The van der Waals surface area contributed by atoms with E-state index >= 15 is 0 Å². The first kappa shape index (κ1) is 19.0. The predicted molar refractivity (Wildman–Crippen MR) is 112 cm³/mol. The number of pyridine rings is 1. The maximum Gasteiger partial charge on any atom is 0.341 e.